The van der Waals surface area contributed by atoms with Crippen LogP contribution < -0.4 is 10.6 Å². The molecular formula is C21H24N4OS. The van der Waals surface area contributed by atoms with Crippen LogP contribution in [0.3, 0.4) is 0 Å². The van der Waals surface area contributed by atoms with Gasteiger partial charge in [-0.2, -0.15) is 5.10 Å². The third-order valence-corrected chi connectivity index (χ3v) is 5.22. The molecule has 2 amide bonds. The zero-order valence-corrected chi connectivity index (χ0v) is 16.6. The second kappa shape index (κ2) is 8.77. The van der Waals surface area contributed by atoms with Crippen molar-refractivity contribution in [1.82, 2.24) is 20.4 Å². The van der Waals surface area contributed by atoms with E-state index in [9.17, 15) is 4.79 Å². The summed E-state index contributed by atoms with van der Waals surface area (Å²) in [5, 5.41) is 10.4. The number of para-hydroxylation sites is 1. The van der Waals surface area contributed by atoms with Gasteiger partial charge in [-0.25, -0.2) is 9.48 Å². The fourth-order valence-corrected chi connectivity index (χ4v) is 3.32. The molecule has 5 nitrogen and oxygen atoms in total. The van der Waals surface area contributed by atoms with E-state index in [-0.39, 0.29) is 6.03 Å². The second-order valence-electron chi connectivity index (χ2n) is 6.28. The average molecular weight is 381 g/mol. The molecule has 3 rings (SSSR count). The molecule has 27 heavy (non-hydrogen) atoms. The van der Waals surface area contributed by atoms with E-state index in [1.807, 2.05) is 67.2 Å². The standard InChI is InChI=1S/C21H24N4OS/c1-15-20(16(2)25(24-15)18-7-5-4-6-8-18)14-23-21(26)22-13-17-9-11-19(27-3)12-10-17/h4-12H,13-14H2,1-3H3,(H2,22,23,26). The molecule has 0 saturated carbocycles. The van der Waals surface area contributed by atoms with E-state index < -0.39 is 0 Å². The molecule has 1 aromatic heterocycles. The van der Waals surface area contributed by atoms with Crippen LogP contribution in [0.5, 0.6) is 0 Å². The Morgan fingerprint density at radius 2 is 1.67 bits per heavy atom. The number of aryl methyl sites for hydroxylation is 1. The first kappa shape index (κ1) is 19.0. The van der Waals surface area contributed by atoms with Crippen molar-refractivity contribution in [3.8, 4) is 5.69 Å². The third-order valence-electron chi connectivity index (χ3n) is 4.48. The number of benzene rings is 2. The lowest BCUT2D eigenvalue weighted by Gasteiger charge is -2.09. The van der Waals surface area contributed by atoms with E-state index >= 15 is 0 Å². The molecule has 0 spiro atoms. The van der Waals surface area contributed by atoms with Crippen LogP contribution in [0, 0.1) is 13.8 Å². The van der Waals surface area contributed by atoms with Gasteiger partial charge in [0.05, 0.1) is 11.4 Å². The Kier molecular flexibility index (Phi) is 6.19. The lowest BCUT2D eigenvalue weighted by atomic mass is 10.2. The predicted octanol–water partition coefficient (Wildman–Crippen LogP) is 4.21. The highest BCUT2D eigenvalue weighted by Crippen LogP contribution is 2.17. The van der Waals surface area contributed by atoms with E-state index in [1.165, 1.54) is 4.90 Å². The Morgan fingerprint density at radius 1 is 1.00 bits per heavy atom. The lowest BCUT2D eigenvalue weighted by molar-refractivity contribution is 0.240. The largest absolute Gasteiger partial charge is 0.334 e. The van der Waals surface area contributed by atoms with Crippen molar-refractivity contribution in [2.75, 3.05) is 6.26 Å². The highest BCUT2D eigenvalue weighted by molar-refractivity contribution is 7.98. The monoisotopic (exact) mass is 380 g/mol. The Labute approximate surface area is 164 Å². The van der Waals surface area contributed by atoms with Gasteiger partial charge in [-0.05, 0) is 49.9 Å². The molecule has 0 unspecified atom stereocenters. The molecule has 6 heteroatoms. The number of nitrogens with zero attached hydrogens (tertiary/aromatic N) is 2. The van der Waals surface area contributed by atoms with Gasteiger partial charge in [-0.3, -0.25) is 0 Å². The maximum atomic E-state index is 12.2. The zero-order valence-electron chi connectivity index (χ0n) is 15.8. The number of hydrogen-bond donors (Lipinski definition) is 2. The number of amides is 2. The Hall–Kier alpha value is -2.73. The van der Waals surface area contributed by atoms with E-state index in [1.54, 1.807) is 11.8 Å². The first-order valence-corrected chi connectivity index (χ1v) is 10.1. The number of thioether (sulfide) groups is 1. The van der Waals surface area contributed by atoms with Crippen LogP contribution in [0.25, 0.3) is 5.69 Å². The third kappa shape index (κ3) is 4.71. The van der Waals surface area contributed by atoms with Gasteiger partial charge in [-0.1, -0.05) is 30.3 Å². The van der Waals surface area contributed by atoms with E-state index in [2.05, 4.69) is 27.9 Å². The molecule has 2 N–H and O–H groups in total. The van der Waals surface area contributed by atoms with Crippen LogP contribution in [0.4, 0.5) is 4.79 Å². The quantitative estimate of drug-likeness (QED) is 0.630. The Morgan fingerprint density at radius 3 is 2.33 bits per heavy atom. The highest BCUT2D eigenvalue weighted by atomic mass is 32.2. The van der Waals surface area contributed by atoms with Crippen molar-refractivity contribution in [3.63, 3.8) is 0 Å². The normalized spacial score (nSPS) is 10.6. The van der Waals surface area contributed by atoms with Crippen LogP contribution in [-0.4, -0.2) is 22.1 Å². The van der Waals surface area contributed by atoms with Gasteiger partial charge in [0, 0.05) is 29.2 Å². The summed E-state index contributed by atoms with van der Waals surface area (Å²) in [5.41, 5.74) is 5.09. The van der Waals surface area contributed by atoms with Gasteiger partial charge < -0.3 is 10.6 Å². The SMILES string of the molecule is CSc1ccc(CNC(=O)NCc2c(C)nn(-c3ccccc3)c2C)cc1. The lowest BCUT2D eigenvalue weighted by Crippen LogP contribution is -2.34. The van der Waals surface area contributed by atoms with Crippen LogP contribution in [0.15, 0.2) is 59.5 Å². The topological polar surface area (TPSA) is 59.0 Å². The van der Waals surface area contributed by atoms with E-state index in [4.69, 9.17) is 0 Å². The first-order valence-electron chi connectivity index (χ1n) is 8.83. The number of aromatic nitrogens is 2. The smallest absolute Gasteiger partial charge is 0.315 e. The molecule has 0 saturated heterocycles. The molecule has 0 radical (unpaired) electrons. The Balaban J connectivity index is 1.58. The fraction of sp³-hybridized carbons (Fsp3) is 0.238. The molecule has 0 aliphatic rings. The molecule has 1 heterocycles. The van der Waals surface area contributed by atoms with Gasteiger partial charge in [0.25, 0.3) is 0 Å². The van der Waals surface area contributed by atoms with Crippen molar-refractivity contribution in [2.24, 2.45) is 0 Å². The van der Waals surface area contributed by atoms with Crippen molar-refractivity contribution in [2.45, 2.75) is 31.8 Å². The molecule has 0 aliphatic heterocycles. The minimum absolute atomic E-state index is 0.185. The summed E-state index contributed by atoms with van der Waals surface area (Å²) in [7, 11) is 0. The van der Waals surface area contributed by atoms with Crippen LogP contribution in [-0.2, 0) is 13.1 Å². The number of nitrogens with one attached hydrogen (secondary N) is 2. The highest BCUT2D eigenvalue weighted by Gasteiger charge is 2.13. The summed E-state index contributed by atoms with van der Waals surface area (Å²) in [4.78, 5) is 13.4. The minimum atomic E-state index is -0.185. The maximum Gasteiger partial charge on any atom is 0.315 e. The summed E-state index contributed by atoms with van der Waals surface area (Å²) in [6.07, 6.45) is 2.05. The molecule has 0 fully saturated rings. The van der Waals surface area contributed by atoms with E-state index in [0.29, 0.717) is 13.1 Å². The van der Waals surface area contributed by atoms with Crippen molar-refractivity contribution in [3.05, 3.63) is 77.1 Å². The minimum Gasteiger partial charge on any atom is -0.334 e. The molecule has 0 bridgehead atoms. The molecule has 2 aromatic carbocycles. The molecule has 140 valence electrons. The number of rotatable bonds is 6. The summed E-state index contributed by atoms with van der Waals surface area (Å²) < 4.78 is 1.91. The molecule has 0 atom stereocenters. The van der Waals surface area contributed by atoms with Gasteiger partial charge in [0.1, 0.15) is 0 Å². The summed E-state index contributed by atoms with van der Waals surface area (Å²) in [5.74, 6) is 0. The van der Waals surface area contributed by atoms with Gasteiger partial charge >= 0.3 is 6.03 Å². The van der Waals surface area contributed by atoms with E-state index in [0.717, 1.165) is 28.2 Å². The number of urea groups is 1. The predicted molar refractivity (Wildman–Crippen MR) is 110 cm³/mol. The summed E-state index contributed by atoms with van der Waals surface area (Å²) >= 11 is 1.70. The number of carbonyl (C=O) groups is 1. The Bertz CT molecular complexity index is 904. The average Bonchev–Trinajstić information content (AvgIpc) is 2.99. The fourth-order valence-electron chi connectivity index (χ4n) is 2.91. The number of carbonyl (C=O) groups excluding carboxylic acids is 1. The first-order chi connectivity index (χ1) is 13.1. The van der Waals surface area contributed by atoms with Crippen molar-refractivity contribution in [1.29, 1.82) is 0 Å². The summed E-state index contributed by atoms with van der Waals surface area (Å²) in [6.45, 7) is 4.94. The zero-order chi connectivity index (χ0) is 19.2. The van der Waals surface area contributed by atoms with Crippen LogP contribution >= 0.6 is 11.8 Å². The van der Waals surface area contributed by atoms with Gasteiger partial charge in [0.2, 0.25) is 0 Å². The summed E-state index contributed by atoms with van der Waals surface area (Å²) in [6, 6.07) is 18.0. The van der Waals surface area contributed by atoms with Crippen molar-refractivity contribution >= 4 is 17.8 Å². The second-order valence-corrected chi connectivity index (χ2v) is 7.16. The number of hydrogen-bond acceptors (Lipinski definition) is 3. The van der Waals surface area contributed by atoms with Crippen LogP contribution in [0.1, 0.15) is 22.5 Å². The molecule has 3 aromatic rings. The van der Waals surface area contributed by atoms with Gasteiger partial charge in [-0.15, -0.1) is 11.8 Å². The van der Waals surface area contributed by atoms with Crippen molar-refractivity contribution < 1.29 is 4.79 Å². The maximum absolute atomic E-state index is 12.2. The van der Waals surface area contributed by atoms with Gasteiger partial charge in [0.15, 0.2) is 0 Å². The van der Waals surface area contributed by atoms with Crippen LogP contribution in [0.2, 0.25) is 0 Å². The molecule has 0 aliphatic carbocycles. The molecular weight excluding hydrogens is 356 g/mol.